The van der Waals surface area contributed by atoms with Crippen LogP contribution in [0.15, 0.2) is 35.3 Å². The SMILES string of the molecule is CCCN(CC)CCN=C(N)Nc1ccccc1. The predicted octanol–water partition coefficient (Wildman–Crippen LogP) is 2.15. The van der Waals surface area contributed by atoms with Crippen LogP contribution in [-0.2, 0) is 0 Å². The normalized spacial score (nSPS) is 11.8. The summed E-state index contributed by atoms with van der Waals surface area (Å²) in [7, 11) is 0. The lowest BCUT2D eigenvalue weighted by molar-refractivity contribution is 0.297. The maximum absolute atomic E-state index is 5.83. The number of benzene rings is 1. The second kappa shape index (κ2) is 8.53. The Hall–Kier alpha value is -1.55. The summed E-state index contributed by atoms with van der Waals surface area (Å²) in [6.07, 6.45) is 1.18. The summed E-state index contributed by atoms with van der Waals surface area (Å²) in [6, 6.07) is 9.85. The van der Waals surface area contributed by atoms with Crippen molar-refractivity contribution in [2.75, 3.05) is 31.5 Å². The first-order valence-electron chi connectivity index (χ1n) is 6.60. The molecule has 0 heterocycles. The van der Waals surface area contributed by atoms with Crippen molar-refractivity contribution >= 4 is 11.6 Å². The van der Waals surface area contributed by atoms with Crippen LogP contribution in [0.1, 0.15) is 20.3 Å². The Labute approximate surface area is 110 Å². The third kappa shape index (κ3) is 5.68. The number of aliphatic imine (C=N–C) groups is 1. The first kappa shape index (κ1) is 14.5. The van der Waals surface area contributed by atoms with Crippen LogP contribution in [0.2, 0.25) is 0 Å². The second-order valence-electron chi connectivity index (χ2n) is 4.19. The zero-order valence-electron chi connectivity index (χ0n) is 11.4. The summed E-state index contributed by atoms with van der Waals surface area (Å²) in [6.45, 7) is 8.25. The van der Waals surface area contributed by atoms with Gasteiger partial charge in [-0.25, -0.2) is 0 Å². The molecule has 1 rings (SSSR count). The number of hydrogen-bond acceptors (Lipinski definition) is 2. The summed E-state index contributed by atoms with van der Waals surface area (Å²) < 4.78 is 0. The highest BCUT2D eigenvalue weighted by Crippen LogP contribution is 2.03. The van der Waals surface area contributed by atoms with Crippen LogP contribution in [-0.4, -0.2) is 37.0 Å². The summed E-state index contributed by atoms with van der Waals surface area (Å²) in [4.78, 5) is 6.71. The van der Waals surface area contributed by atoms with Gasteiger partial charge in [-0.15, -0.1) is 0 Å². The molecule has 4 heteroatoms. The molecule has 0 aromatic heterocycles. The van der Waals surface area contributed by atoms with Crippen LogP contribution >= 0.6 is 0 Å². The smallest absolute Gasteiger partial charge is 0.193 e. The molecule has 0 saturated heterocycles. The van der Waals surface area contributed by atoms with Crippen LogP contribution in [0.3, 0.4) is 0 Å². The van der Waals surface area contributed by atoms with E-state index in [0.717, 1.165) is 31.9 Å². The van der Waals surface area contributed by atoms with Crippen LogP contribution in [0.25, 0.3) is 0 Å². The van der Waals surface area contributed by atoms with Gasteiger partial charge >= 0.3 is 0 Å². The number of likely N-dealkylation sites (N-methyl/N-ethyl adjacent to an activating group) is 1. The maximum atomic E-state index is 5.83. The molecular weight excluding hydrogens is 224 g/mol. The average Bonchev–Trinajstić information content (AvgIpc) is 2.39. The van der Waals surface area contributed by atoms with Crippen molar-refractivity contribution in [3.63, 3.8) is 0 Å². The second-order valence-corrected chi connectivity index (χ2v) is 4.19. The number of nitrogens with zero attached hydrogens (tertiary/aromatic N) is 2. The fraction of sp³-hybridized carbons (Fsp3) is 0.500. The molecule has 0 unspecified atom stereocenters. The van der Waals surface area contributed by atoms with Crippen molar-refractivity contribution < 1.29 is 0 Å². The number of nitrogens with two attached hydrogens (primary N) is 1. The number of rotatable bonds is 7. The molecule has 0 atom stereocenters. The zero-order chi connectivity index (χ0) is 13.2. The molecule has 0 spiro atoms. The van der Waals surface area contributed by atoms with Gasteiger partial charge in [0.2, 0.25) is 0 Å². The fourth-order valence-electron chi connectivity index (χ4n) is 1.77. The number of para-hydroxylation sites is 1. The van der Waals surface area contributed by atoms with Crippen molar-refractivity contribution in [1.29, 1.82) is 0 Å². The molecule has 0 fully saturated rings. The highest BCUT2D eigenvalue weighted by atomic mass is 15.1. The third-order valence-electron chi connectivity index (χ3n) is 2.73. The summed E-state index contributed by atoms with van der Waals surface area (Å²) in [5.74, 6) is 0.480. The molecule has 0 amide bonds. The largest absolute Gasteiger partial charge is 0.370 e. The highest BCUT2D eigenvalue weighted by molar-refractivity contribution is 5.92. The van der Waals surface area contributed by atoms with E-state index < -0.39 is 0 Å². The minimum absolute atomic E-state index is 0.480. The van der Waals surface area contributed by atoms with E-state index in [1.54, 1.807) is 0 Å². The first-order chi connectivity index (χ1) is 8.76. The molecule has 4 nitrogen and oxygen atoms in total. The maximum Gasteiger partial charge on any atom is 0.193 e. The number of anilines is 1. The van der Waals surface area contributed by atoms with Crippen molar-refractivity contribution in [3.05, 3.63) is 30.3 Å². The van der Waals surface area contributed by atoms with E-state index in [2.05, 4.69) is 29.1 Å². The minimum Gasteiger partial charge on any atom is -0.370 e. The van der Waals surface area contributed by atoms with Gasteiger partial charge in [0, 0.05) is 12.2 Å². The van der Waals surface area contributed by atoms with E-state index in [4.69, 9.17) is 5.73 Å². The molecule has 0 aliphatic heterocycles. The predicted molar refractivity (Wildman–Crippen MR) is 79.0 cm³/mol. The van der Waals surface area contributed by atoms with Gasteiger partial charge in [-0.2, -0.15) is 0 Å². The summed E-state index contributed by atoms with van der Waals surface area (Å²) in [5, 5.41) is 3.07. The van der Waals surface area contributed by atoms with Gasteiger partial charge in [-0.05, 0) is 31.6 Å². The van der Waals surface area contributed by atoms with Crippen molar-refractivity contribution in [1.82, 2.24) is 4.90 Å². The van der Waals surface area contributed by atoms with Gasteiger partial charge in [-0.1, -0.05) is 32.0 Å². The van der Waals surface area contributed by atoms with E-state index >= 15 is 0 Å². The Kier molecular flexibility index (Phi) is 6.87. The molecule has 0 bridgehead atoms. The number of guanidine groups is 1. The number of nitrogens with one attached hydrogen (secondary N) is 1. The summed E-state index contributed by atoms with van der Waals surface area (Å²) >= 11 is 0. The zero-order valence-corrected chi connectivity index (χ0v) is 11.4. The van der Waals surface area contributed by atoms with Gasteiger partial charge in [0.05, 0.1) is 6.54 Å². The lowest BCUT2D eigenvalue weighted by Gasteiger charge is -2.18. The van der Waals surface area contributed by atoms with Crippen molar-refractivity contribution in [2.45, 2.75) is 20.3 Å². The van der Waals surface area contributed by atoms with Crippen LogP contribution in [0.4, 0.5) is 5.69 Å². The van der Waals surface area contributed by atoms with Crippen LogP contribution in [0, 0.1) is 0 Å². The Morgan fingerprint density at radius 2 is 1.94 bits per heavy atom. The fourth-order valence-corrected chi connectivity index (χ4v) is 1.77. The Balaban J connectivity index is 2.33. The third-order valence-corrected chi connectivity index (χ3v) is 2.73. The highest BCUT2D eigenvalue weighted by Gasteiger charge is 1.99. The molecule has 1 aromatic rings. The van der Waals surface area contributed by atoms with Gasteiger partial charge in [0.15, 0.2) is 5.96 Å². The number of hydrogen-bond donors (Lipinski definition) is 2. The molecule has 0 aliphatic rings. The molecule has 0 radical (unpaired) electrons. The minimum atomic E-state index is 0.480. The van der Waals surface area contributed by atoms with E-state index in [1.807, 2.05) is 30.3 Å². The molecule has 1 aromatic carbocycles. The molecule has 100 valence electrons. The quantitative estimate of drug-likeness (QED) is 0.574. The molecule has 0 saturated carbocycles. The lowest BCUT2D eigenvalue weighted by atomic mass is 10.3. The summed E-state index contributed by atoms with van der Waals surface area (Å²) in [5.41, 5.74) is 6.80. The Bertz CT molecular complexity index is 348. The van der Waals surface area contributed by atoms with Crippen LogP contribution in [0.5, 0.6) is 0 Å². The van der Waals surface area contributed by atoms with E-state index in [9.17, 15) is 0 Å². The van der Waals surface area contributed by atoms with Gasteiger partial charge in [0.25, 0.3) is 0 Å². The monoisotopic (exact) mass is 248 g/mol. The van der Waals surface area contributed by atoms with Gasteiger partial charge < -0.3 is 16.0 Å². The van der Waals surface area contributed by atoms with Crippen LogP contribution < -0.4 is 11.1 Å². The Morgan fingerprint density at radius 3 is 2.56 bits per heavy atom. The molecule has 18 heavy (non-hydrogen) atoms. The molecule has 0 aliphatic carbocycles. The van der Waals surface area contributed by atoms with E-state index in [1.165, 1.54) is 6.42 Å². The van der Waals surface area contributed by atoms with Gasteiger partial charge in [-0.3, -0.25) is 4.99 Å². The van der Waals surface area contributed by atoms with E-state index in [-0.39, 0.29) is 0 Å². The van der Waals surface area contributed by atoms with E-state index in [0.29, 0.717) is 5.96 Å². The van der Waals surface area contributed by atoms with Crippen molar-refractivity contribution in [2.24, 2.45) is 10.7 Å². The standard InChI is InChI=1S/C14H24N4/c1-3-11-18(4-2)12-10-16-14(15)17-13-8-6-5-7-9-13/h5-9H,3-4,10-12H2,1-2H3,(H3,15,16,17). The average molecular weight is 248 g/mol. The molecular formula is C14H24N4. The van der Waals surface area contributed by atoms with Crippen molar-refractivity contribution in [3.8, 4) is 0 Å². The molecule has 3 N–H and O–H groups in total. The van der Waals surface area contributed by atoms with Gasteiger partial charge in [0.1, 0.15) is 0 Å². The first-order valence-corrected chi connectivity index (χ1v) is 6.60. The topological polar surface area (TPSA) is 53.6 Å². The lowest BCUT2D eigenvalue weighted by Crippen LogP contribution is -2.29. The Morgan fingerprint density at radius 1 is 1.22 bits per heavy atom.